The number of fused-ring (bicyclic) bond motifs is 1. The molecular weight excluding hydrogens is 284 g/mol. The van der Waals surface area contributed by atoms with Crippen LogP contribution in [0.4, 0.5) is 0 Å². The normalized spacial score (nSPS) is 19.8. The molecule has 3 nitrogen and oxygen atoms in total. The molecule has 0 radical (unpaired) electrons. The molecule has 2 aromatic carbocycles. The number of hydrogen-bond donors (Lipinski definition) is 1. The Kier molecular flexibility index (Phi) is 3.66. The molecule has 1 saturated carbocycles. The third kappa shape index (κ3) is 2.89. The lowest BCUT2D eigenvalue weighted by Gasteiger charge is -2.30. The van der Waals surface area contributed by atoms with Gasteiger partial charge in [-0.1, -0.05) is 36.4 Å². The van der Waals surface area contributed by atoms with Crippen molar-refractivity contribution in [2.45, 2.75) is 44.3 Å². The Hall–Kier alpha value is -2.13. The maximum atomic E-state index is 11.2. The molecule has 0 unspecified atom stereocenters. The molecule has 4 rings (SSSR count). The molecule has 0 spiro atoms. The van der Waals surface area contributed by atoms with Gasteiger partial charge in [0, 0.05) is 24.2 Å². The number of rotatable bonds is 5. The smallest absolute Gasteiger partial charge is 0.248 e. The summed E-state index contributed by atoms with van der Waals surface area (Å²) < 4.78 is 0. The first kappa shape index (κ1) is 14.5. The van der Waals surface area contributed by atoms with Crippen molar-refractivity contribution in [1.82, 2.24) is 4.90 Å². The van der Waals surface area contributed by atoms with Crippen molar-refractivity contribution < 1.29 is 4.79 Å². The van der Waals surface area contributed by atoms with Crippen LogP contribution in [0, 0.1) is 0 Å². The summed E-state index contributed by atoms with van der Waals surface area (Å²) in [4.78, 5) is 13.9. The topological polar surface area (TPSA) is 46.3 Å². The van der Waals surface area contributed by atoms with E-state index in [-0.39, 0.29) is 5.91 Å². The van der Waals surface area contributed by atoms with Crippen LogP contribution >= 0.6 is 0 Å². The fourth-order valence-electron chi connectivity index (χ4n) is 3.76. The van der Waals surface area contributed by atoms with Gasteiger partial charge in [0.1, 0.15) is 0 Å². The SMILES string of the molecule is NC(=O)c1ccc(CN(C2CC2)[C@@H]2CCc3ccccc32)cc1. The summed E-state index contributed by atoms with van der Waals surface area (Å²) in [6, 6.07) is 17.9. The van der Waals surface area contributed by atoms with Crippen LogP contribution in [0.1, 0.15) is 52.4 Å². The number of carbonyl (C=O) groups is 1. The van der Waals surface area contributed by atoms with E-state index in [1.54, 1.807) is 0 Å². The highest BCUT2D eigenvalue weighted by atomic mass is 16.1. The van der Waals surface area contributed by atoms with Crippen molar-refractivity contribution in [3.63, 3.8) is 0 Å². The zero-order chi connectivity index (χ0) is 15.8. The number of aryl methyl sites for hydroxylation is 1. The molecule has 118 valence electrons. The van der Waals surface area contributed by atoms with Crippen LogP contribution in [0.25, 0.3) is 0 Å². The molecule has 0 heterocycles. The van der Waals surface area contributed by atoms with E-state index in [4.69, 9.17) is 5.73 Å². The molecule has 1 fully saturated rings. The summed E-state index contributed by atoms with van der Waals surface area (Å²) in [7, 11) is 0. The standard InChI is InChI=1S/C20H22N2O/c21-20(23)16-7-5-14(6-8-16)13-22(17-10-11-17)19-12-9-15-3-1-2-4-18(15)19/h1-8,17,19H,9-13H2,(H2,21,23)/t19-/m1/s1. The van der Waals surface area contributed by atoms with E-state index in [2.05, 4.69) is 29.2 Å². The molecule has 0 aromatic heterocycles. The van der Waals surface area contributed by atoms with Crippen molar-refractivity contribution >= 4 is 5.91 Å². The third-order valence-electron chi connectivity index (χ3n) is 5.12. The lowest BCUT2D eigenvalue weighted by molar-refractivity contribution is 0.1000. The molecule has 2 aliphatic rings. The average molecular weight is 306 g/mol. The van der Waals surface area contributed by atoms with Gasteiger partial charge in [-0.3, -0.25) is 9.69 Å². The van der Waals surface area contributed by atoms with Crippen LogP contribution < -0.4 is 5.73 Å². The van der Waals surface area contributed by atoms with Crippen LogP contribution in [0.2, 0.25) is 0 Å². The second-order valence-corrected chi connectivity index (χ2v) is 6.72. The van der Waals surface area contributed by atoms with E-state index >= 15 is 0 Å². The van der Waals surface area contributed by atoms with Crippen molar-refractivity contribution in [3.8, 4) is 0 Å². The molecule has 2 aromatic rings. The Morgan fingerprint density at radius 1 is 1.04 bits per heavy atom. The molecule has 1 amide bonds. The fourth-order valence-corrected chi connectivity index (χ4v) is 3.76. The summed E-state index contributed by atoms with van der Waals surface area (Å²) >= 11 is 0. The minimum atomic E-state index is -0.361. The maximum Gasteiger partial charge on any atom is 0.248 e. The number of amides is 1. The highest BCUT2D eigenvalue weighted by molar-refractivity contribution is 5.92. The fraction of sp³-hybridized carbons (Fsp3) is 0.350. The minimum Gasteiger partial charge on any atom is -0.366 e. The van der Waals surface area contributed by atoms with Gasteiger partial charge in [0.2, 0.25) is 5.91 Å². The number of carbonyl (C=O) groups excluding carboxylic acids is 1. The lowest BCUT2D eigenvalue weighted by Crippen LogP contribution is -2.29. The lowest BCUT2D eigenvalue weighted by atomic mass is 10.0. The highest BCUT2D eigenvalue weighted by Crippen LogP contribution is 2.42. The van der Waals surface area contributed by atoms with Crippen LogP contribution in [0.5, 0.6) is 0 Å². The first-order valence-corrected chi connectivity index (χ1v) is 8.44. The van der Waals surface area contributed by atoms with Gasteiger partial charge >= 0.3 is 0 Å². The molecule has 23 heavy (non-hydrogen) atoms. The van der Waals surface area contributed by atoms with Crippen LogP contribution in [-0.4, -0.2) is 16.8 Å². The van der Waals surface area contributed by atoms with Crippen LogP contribution in [0.15, 0.2) is 48.5 Å². The van der Waals surface area contributed by atoms with E-state index < -0.39 is 0 Å². The van der Waals surface area contributed by atoms with E-state index in [1.807, 2.05) is 24.3 Å². The van der Waals surface area contributed by atoms with Gasteiger partial charge in [0.15, 0.2) is 0 Å². The van der Waals surface area contributed by atoms with Gasteiger partial charge in [-0.2, -0.15) is 0 Å². The molecule has 0 saturated heterocycles. The van der Waals surface area contributed by atoms with Gasteiger partial charge in [0.05, 0.1) is 0 Å². The van der Waals surface area contributed by atoms with Crippen molar-refractivity contribution in [3.05, 3.63) is 70.8 Å². The Morgan fingerprint density at radius 2 is 1.78 bits per heavy atom. The molecule has 0 aliphatic heterocycles. The van der Waals surface area contributed by atoms with E-state index in [1.165, 1.54) is 42.4 Å². The van der Waals surface area contributed by atoms with Crippen LogP contribution in [0.3, 0.4) is 0 Å². The van der Waals surface area contributed by atoms with Crippen molar-refractivity contribution in [1.29, 1.82) is 0 Å². The Labute approximate surface area is 137 Å². The highest BCUT2D eigenvalue weighted by Gasteiger charge is 2.37. The first-order chi connectivity index (χ1) is 11.2. The van der Waals surface area contributed by atoms with E-state index in [0.717, 1.165) is 6.54 Å². The quantitative estimate of drug-likeness (QED) is 0.920. The zero-order valence-corrected chi connectivity index (χ0v) is 13.2. The number of nitrogens with two attached hydrogens (primary N) is 1. The molecule has 2 aliphatic carbocycles. The molecule has 2 N–H and O–H groups in total. The zero-order valence-electron chi connectivity index (χ0n) is 13.2. The van der Waals surface area contributed by atoms with Crippen molar-refractivity contribution in [2.24, 2.45) is 5.73 Å². The minimum absolute atomic E-state index is 0.361. The second-order valence-electron chi connectivity index (χ2n) is 6.72. The number of nitrogens with zero attached hydrogens (tertiary/aromatic N) is 1. The molecular formula is C20H22N2O. The second kappa shape index (κ2) is 5.82. The van der Waals surface area contributed by atoms with Gasteiger partial charge in [0.25, 0.3) is 0 Å². The third-order valence-corrected chi connectivity index (χ3v) is 5.12. The largest absolute Gasteiger partial charge is 0.366 e. The number of hydrogen-bond acceptors (Lipinski definition) is 2. The van der Waals surface area contributed by atoms with Gasteiger partial charge in [-0.05, 0) is 54.5 Å². The molecule has 1 atom stereocenters. The van der Waals surface area contributed by atoms with Gasteiger partial charge in [-0.15, -0.1) is 0 Å². The maximum absolute atomic E-state index is 11.2. The average Bonchev–Trinajstić information content (AvgIpc) is 3.32. The van der Waals surface area contributed by atoms with E-state index in [9.17, 15) is 4.79 Å². The summed E-state index contributed by atoms with van der Waals surface area (Å²) in [5.74, 6) is -0.361. The Balaban J connectivity index is 1.56. The summed E-state index contributed by atoms with van der Waals surface area (Å²) in [6.45, 7) is 0.947. The predicted molar refractivity (Wildman–Crippen MR) is 91.0 cm³/mol. The van der Waals surface area contributed by atoms with Gasteiger partial charge in [-0.25, -0.2) is 0 Å². The summed E-state index contributed by atoms with van der Waals surface area (Å²) in [6.07, 6.45) is 5.01. The van der Waals surface area contributed by atoms with Crippen molar-refractivity contribution in [2.75, 3.05) is 0 Å². The van der Waals surface area contributed by atoms with Crippen LogP contribution in [-0.2, 0) is 13.0 Å². The monoisotopic (exact) mass is 306 g/mol. The summed E-state index contributed by atoms with van der Waals surface area (Å²) in [5, 5.41) is 0. The van der Waals surface area contributed by atoms with Gasteiger partial charge < -0.3 is 5.73 Å². The first-order valence-electron chi connectivity index (χ1n) is 8.44. The van der Waals surface area contributed by atoms with E-state index in [0.29, 0.717) is 17.6 Å². The Bertz CT molecular complexity index is 719. The summed E-state index contributed by atoms with van der Waals surface area (Å²) in [5.41, 5.74) is 10.2. The molecule has 0 bridgehead atoms. The number of primary amides is 1. The molecule has 3 heteroatoms. The number of benzene rings is 2. The predicted octanol–water partition coefficient (Wildman–Crippen LogP) is 3.44. The Morgan fingerprint density at radius 3 is 2.48 bits per heavy atom.